The largest absolute Gasteiger partial charge is 0.399 e. The highest BCUT2D eigenvalue weighted by Gasteiger charge is 2.24. The third-order valence-electron chi connectivity index (χ3n) is 5.05. The van der Waals surface area contributed by atoms with Gasteiger partial charge in [-0.15, -0.1) is 12.6 Å². The zero-order valence-electron chi connectivity index (χ0n) is 17.3. The summed E-state index contributed by atoms with van der Waals surface area (Å²) >= 11 is 4.41. The maximum atomic E-state index is 13.0. The topological polar surface area (TPSA) is 75.4 Å². The lowest BCUT2D eigenvalue weighted by Gasteiger charge is -2.22. The maximum Gasteiger partial charge on any atom is 0.257 e. The van der Waals surface area contributed by atoms with E-state index in [1.165, 1.54) is 0 Å². The molecule has 1 unspecified atom stereocenters. The van der Waals surface area contributed by atoms with Crippen LogP contribution < -0.4 is 11.1 Å². The summed E-state index contributed by atoms with van der Waals surface area (Å²) in [6.45, 7) is 3.14. The molecule has 0 spiro atoms. The number of thiol groups is 1. The molecule has 3 N–H and O–H groups in total. The van der Waals surface area contributed by atoms with Crippen molar-refractivity contribution in [1.82, 2.24) is 10.2 Å². The van der Waals surface area contributed by atoms with Gasteiger partial charge in [0.25, 0.3) is 11.8 Å². The lowest BCUT2D eigenvalue weighted by atomic mass is 10.0. The summed E-state index contributed by atoms with van der Waals surface area (Å²) in [5.74, 6) is 0.0143. The van der Waals surface area contributed by atoms with E-state index in [0.717, 1.165) is 18.4 Å². The van der Waals surface area contributed by atoms with Crippen LogP contribution in [0.15, 0.2) is 71.2 Å². The van der Waals surface area contributed by atoms with E-state index in [0.29, 0.717) is 35.7 Å². The number of benzene rings is 1. The fraction of sp³-hybridized carbons (Fsp3) is 0.333. The molecule has 2 aliphatic rings. The zero-order chi connectivity index (χ0) is 21.5. The van der Waals surface area contributed by atoms with Crippen molar-refractivity contribution < 1.29 is 9.59 Å². The Labute approximate surface area is 183 Å². The first-order chi connectivity index (χ1) is 14.4. The van der Waals surface area contributed by atoms with E-state index < -0.39 is 0 Å². The fourth-order valence-corrected chi connectivity index (χ4v) is 3.41. The minimum Gasteiger partial charge on any atom is -0.399 e. The first-order valence-corrected chi connectivity index (χ1v) is 10.8. The van der Waals surface area contributed by atoms with Crippen molar-refractivity contribution >= 4 is 30.1 Å². The van der Waals surface area contributed by atoms with Crippen LogP contribution in [-0.4, -0.2) is 35.8 Å². The number of carbonyl (C=O) groups excluding carboxylic acids is 2. The van der Waals surface area contributed by atoms with Gasteiger partial charge in [-0.1, -0.05) is 37.3 Å². The summed E-state index contributed by atoms with van der Waals surface area (Å²) in [6.07, 6.45) is 14.6. The quantitative estimate of drug-likeness (QED) is 0.391. The first-order valence-electron chi connectivity index (χ1n) is 10.3. The second-order valence-electron chi connectivity index (χ2n) is 7.81. The van der Waals surface area contributed by atoms with E-state index in [9.17, 15) is 9.59 Å². The van der Waals surface area contributed by atoms with Gasteiger partial charge in [-0.3, -0.25) is 9.59 Å². The number of nitrogen functional groups attached to an aromatic ring is 1. The first kappa shape index (κ1) is 22.0. The molecule has 158 valence electrons. The lowest BCUT2D eigenvalue weighted by molar-refractivity contribution is -0.116. The van der Waals surface area contributed by atoms with E-state index in [4.69, 9.17) is 5.73 Å². The van der Waals surface area contributed by atoms with Crippen LogP contribution in [0.2, 0.25) is 0 Å². The third-order valence-corrected chi connectivity index (χ3v) is 5.38. The van der Waals surface area contributed by atoms with Gasteiger partial charge in [-0.2, -0.15) is 0 Å². The number of allylic oxidation sites excluding steroid dienone is 5. The van der Waals surface area contributed by atoms with Gasteiger partial charge < -0.3 is 16.0 Å². The van der Waals surface area contributed by atoms with E-state index >= 15 is 0 Å². The van der Waals surface area contributed by atoms with Crippen LogP contribution in [0.3, 0.4) is 0 Å². The second-order valence-corrected chi connectivity index (χ2v) is 8.30. The summed E-state index contributed by atoms with van der Waals surface area (Å²) in [6, 6.07) is 7.26. The highest BCUT2D eigenvalue weighted by Crippen LogP contribution is 2.21. The molecule has 0 bridgehead atoms. The smallest absolute Gasteiger partial charge is 0.257 e. The Morgan fingerprint density at radius 1 is 1.20 bits per heavy atom. The standard InChI is InChI=1S/C24H29N3O2S/c1-17-5-3-2-4-13-27(24(29)19-6-8-20(25)9-7-19)14-12-18(15-17)16-22(30)23(28)26-21-10-11-21/h2-9,15-17,21,30H,10-14,25H2,1H3,(H,26,28)/b4-2-,5-3-,18-15+,22-16-. The van der Waals surface area contributed by atoms with Gasteiger partial charge in [0.15, 0.2) is 0 Å². The number of nitrogens with zero attached hydrogens (tertiary/aromatic N) is 1. The Kier molecular flexibility index (Phi) is 7.57. The molecule has 0 saturated heterocycles. The van der Waals surface area contributed by atoms with Crippen molar-refractivity contribution in [3.8, 4) is 0 Å². The molecule has 30 heavy (non-hydrogen) atoms. The number of hydrogen-bond acceptors (Lipinski definition) is 4. The van der Waals surface area contributed by atoms with Crippen LogP contribution in [0.1, 0.15) is 36.5 Å². The Morgan fingerprint density at radius 3 is 2.63 bits per heavy atom. The van der Waals surface area contributed by atoms with Gasteiger partial charge in [0.05, 0.1) is 4.91 Å². The molecular weight excluding hydrogens is 394 g/mol. The molecular formula is C24H29N3O2S. The SMILES string of the molecule is CC1/C=C\C=C/CN(C(=O)c2ccc(N)cc2)CCC(/C=C(\S)C(=O)NC2CC2)=C\1. The Morgan fingerprint density at radius 2 is 1.93 bits per heavy atom. The zero-order valence-corrected chi connectivity index (χ0v) is 18.1. The van der Waals surface area contributed by atoms with Gasteiger partial charge >= 0.3 is 0 Å². The van der Waals surface area contributed by atoms with Crippen LogP contribution in [0.5, 0.6) is 0 Å². The molecule has 0 aromatic heterocycles. The van der Waals surface area contributed by atoms with Gasteiger partial charge in [0.1, 0.15) is 0 Å². The monoisotopic (exact) mass is 423 g/mol. The van der Waals surface area contributed by atoms with Gasteiger partial charge in [-0.05, 0) is 61.1 Å². The molecule has 1 aromatic rings. The van der Waals surface area contributed by atoms with E-state index in [-0.39, 0.29) is 23.8 Å². The average molecular weight is 424 g/mol. The van der Waals surface area contributed by atoms with Gasteiger partial charge in [-0.25, -0.2) is 0 Å². The fourth-order valence-electron chi connectivity index (χ4n) is 3.18. The maximum absolute atomic E-state index is 13.0. The molecule has 3 rings (SSSR count). The number of nitrogens with two attached hydrogens (primary N) is 1. The minimum atomic E-state index is -0.143. The normalized spacial score (nSPS) is 24.2. The van der Waals surface area contributed by atoms with Crippen LogP contribution in [-0.2, 0) is 4.79 Å². The third kappa shape index (κ3) is 6.66. The van der Waals surface area contributed by atoms with Crippen LogP contribution in [0, 0.1) is 5.92 Å². The predicted molar refractivity (Wildman–Crippen MR) is 125 cm³/mol. The molecule has 1 aliphatic carbocycles. The molecule has 1 atom stereocenters. The number of amides is 2. The van der Waals surface area contributed by atoms with Crippen molar-refractivity contribution in [1.29, 1.82) is 0 Å². The number of carbonyl (C=O) groups is 2. The number of nitrogens with one attached hydrogen (secondary N) is 1. The molecule has 1 aromatic carbocycles. The van der Waals surface area contributed by atoms with E-state index in [2.05, 4.69) is 37.0 Å². The van der Waals surface area contributed by atoms with Crippen LogP contribution >= 0.6 is 12.6 Å². The number of anilines is 1. The van der Waals surface area contributed by atoms with Gasteiger partial charge in [0.2, 0.25) is 0 Å². The van der Waals surface area contributed by atoms with Crippen molar-refractivity contribution in [3.63, 3.8) is 0 Å². The van der Waals surface area contributed by atoms with E-state index in [1.54, 1.807) is 29.2 Å². The molecule has 1 fully saturated rings. The van der Waals surface area contributed by atoms with Crippen molar-refractivity contribution in [2.75, 3.05) is 18.8 Å². The predicted octanol–water partition coefficient (Wildman–Crippen LogP) is 3.88. The highest BCUT2D eigenvalue weighted by molar-refractivity contribution is 7.85. The van der Waals surface area contributed by atoms with Crippen molar-refractivity contribution in [3.05, 3.63) is 76.8 Å². The molecule has 1 aliphatic heterocycles. The molecule has 0 radical (unpaired) electrons. The minimum absolute atomic E-state index is 0.0446. The molecule has 5 nitrogen and oxygen atoms in total. The number of rotatable bonds is 4. The van der Waals surface area contributed by atoms with Crippen molar-refractivity contribution in [2.45, 2.75) is 32.2 Å². The summed E-state index contributed by atoms with van der Waals surface area (Å²) in [7, 11) is 0. The average Bonchev–Trinajstić information content (AvgIpc) is 3.53. The Hall–Kier alpha value is -2.73. The van der Waals surface area contributed by atoms with Crippen LogP contribution in [0.4, 0.5) is 5.69 Å². The summed E-state index contributed by atoms with van der Waals surface area (Å²) < 4.78 is 0. The van der Waals surface area contributed by atoms with E-state index in [1.807, 2.05) is 24.3 Å². The van der Waals surface area contributed by atoms with Gasteiger partial charge in [0, 0.05) is 30.4 Å². The summed E-state index contributed by atoms with van der Waals surface area (Å²) in [4.78, 5) is 27.5. The molecule has 1 heterocycles. The van der Waals surface area contributed by atoms with Crippen molar-refractivity contribution in [2.24, 2.45) is 5.92 Å². The Bertz CT molecular complexity index is 896. The van der Waals surface area contributed by atoms with Crippen LogP contribution in [0.25, 0.3) is 0 Å². The summed E-state index contributed by atoms with van der Waals surface area (Å²) in [5.41, 5.74) is 7.97. The summed E-state index contributed by atoms with van der Waals surface area (Å²) in [5, 5.41) is 2.96. The molecule has 2 amide bonds. The highest BCUT2D eigenvalue weighted by atomic mass is 32.1. The number of hydrogen-bond donors (Lipinski definition) is 3. The molecule has 6 heteroatoms. The Balaban J connectivity index is 1.78. The second kappa shape index (κ2) is 10.3. The lowest BCUT2D eigenvalue weighted by Crippen LogP contribution is -2.32. The molecule has 1 saturated carbocycles.